The molecular formula is C32H48O7. The molecule has 0 bridgehead atoms. The van der Waals surface area contributed by atoms with Crippen LogP contribution < -0.4 is 0 Å². The summed E-state index contributed by atoms with van der Waals surface area (Å²) < 4.78 is 18.2. The molecule has 7 heteroatoms. The standard InChI is InChI=1S/C32H48O7/c1-18(33)38-25-16-24-29(4,5)39-26(35)12-14-31(24,7)23-11-13-30(6)20(9-10-22(30)32(23,25)8)19-15-21(34)27(37-17-19)28(2,3)36/h10,12,14,19-21,23-25,27,34,36H,9,11,13,15-17H2,1-8H3. The first-order valence-corrected chi connectivity index (χ1v) is 14.8. The molecule has 5 rings (SSSR count). The van der Waals surface area contributed by atoms with Crippen LogP contribution in [0.1, 0.15) is 87.5 Å². The summed E-state index contributed by atoms with van der Waals surface area (Å²) in [7, 11) is 0. The largest absolute Gasteiger partial charge is 0.462 e. The van der Waals surface area contributed by atoms with Gasteiger partial charge in [0.1, 0.15) is 17.8 Å². The smallest absolute Gasteiger partial charge is 0.330 e. The van der Waals surface area contributed by atoms with Crippen molar-refractivity contribution in [3.8, 4) is 0 Å². The molecule has 0 aromatic heterocycles. The average Bonchev–Trinajstić information content (AvgIpc) is 3.12. The molecule has 0 aromatic rings. The van der Waals surface area contributed by atoms with Crippen LogP contribution in [0.2, 0.25) is 0 Å². The van der Waals surface area contributed by atoms with E-state index in [9.17, 15) is 19.8 Å². The van der Waals surface area contributed by atoms with Gasteiger partial charge < -0.3 is 24.4 Å². The first-order chi connectivity index (χ1) is 17.9. The van der Waals surface area contributed by atoms with Crippen LogP contribution >= 0.6 is 0 Å². The molecule has 10 atom stereocenters. The summed E-state index contributed by atoms with van der Waals surface area (Å²) in [5.41, 5.74) is -1.30. The summed E-state index contributed by atoms with van der Waals surface area (Å²) >= 11 is 0. The van der Waals surface area contributed by atoms with E-state index in [2.05, 4.69) is 32.9 Å². The van der Waals surface area contributed by atoms with E-state index >= 15 is 0 Å². The van der Waals surface area contributed by atoms with Gasteiger partial charge in [-0.05, 0) is 88.4 Å². The zero-order chi connectivity index (χ0) is 28.8. The van der Waals surface area contributed by atoms with Gasteiger partial charge in [-0.15, -0.1) is 0 Å². The van der Waals surface area contributed by atoms with Crippen molar-refractivity contribution in [2.24, 2.45) is 39.9 Å². The number of aliphatic hydroxyl groups is 2. The third-order valence-corrected chi connectivity index (χ3v) is 11.6. The second-order valence-electron chi connectivity index (χ2n) is 14.8. The number of ether oxygens (including phenoxy) is 3. The number of carbonyl (C=O) groups excluding carboxylic acids is 2. The lowest BCUT2D eigenvalue weighted by Crippen LogP contribution is -2.64. The van der Waals surface area contributed by atoms with Crippen LogP contribution in [0.25, 0.3) is 0 Å². The highest BCUT2D eigenvalue weighted by molar-refractivity contribution is 5.83. The van der Waals surface area contributed by atoms with E-state index < -0.39 is 28.8 Å². The van der Waals surface area contributed by atoms with Gasteiger partial charge in [-0.1, -0.05) is 38.5 Å². The highest BCUT2D eigenvalue weighted by atomic mass is 16.6. The highest BCUT2D eigenvalue weighted by Gasteiger charge is 2.68. The minimum absolute atomic E-state index is 0.00191. The molecule has 2 N–H and O–H groups in total. The third kappa shape index (κ3) is 4.33. The van der Waals surface area contributed by atoms with Gasteiger partial charge >= 0.3 is 11.9 Å². The number of esters is 2. The summed E-state index contributed by atoms with van der Waals surface area (Å²) in [4.78, 5) is 25.1. The van der Waals surface area contributed by atoms with Crippen molar-refractivity contribution in [1.29, 1.82) is 0 Å². The molecule has 0 amide bonds. The Morgan fingerprint density at radius 3 is 2.44 bits per heavy atom. The number of rotatable bonds is 3. The van der Waals surface area contributed by atoms with Crippen LogP contribution in [0.15, 0.2) is 23.8 Å². The minimum Gasteiger partial charge on any atom is -0.462 e. The number of hydrogen-bond donors (Lipinski definition) is 2. The lowest BCUT2D eigenvalue weighted by molar-refractivity contribution is -0.204. The number of fused-ring (bicyclic) bond motifs is 5. The average molecular weight is 545 g/mol. The molecular weight excluding hydrogens is 496 g/mol. The molecule has 0 radical (unpaired) electrons. The van der Waals surface area contributed by atoms with Crippen LogP contribution in [-0.4, -0.2) is 58.3 Å². The molecule has 39 heavy (non-hydrogen) atoms. The zero-order valence-electron chi connectivity index (χ0n) is 25.0. The molecule has 2 aliphatic heterocycles. The minimum atomic E-state index is -1.10. The predicted octanol–water partition coefficient (Wildman–Crippen LogP) is 4.74. The summed E-state index contributed by atoms with van der Waals surface area (Å²) in [5, 5.41) is 21.4. The number of carbonyl (C=O) groups is 2. The summed E-state index contributed by atoms with van der Waals surface area (Å²) in [6.07, 6.45) is 8.43. The maximum Gasteiger partial charge on any atom is 0.330 e. The van der Waals surface area contributed by atoms with E-state index in [0.717, 1.165) is 19.3 Å². The fraction of sp³-hybridized carbons (Fsp3) is 0.812. The summed E-state index contributed by atoms with van der Waals surface area (Å²) in [5.74, 6) is 0.00672. The number of aliphatic hydroxyl groups excluding tert-OH is 1. The molecule has 5 aliphatic rings. The second kappa shape index (κ2) is 9.15. The Bertz CT molecular complexity index is 1080. The maximum atomic E-state index is 12.6. The molecule has 218 valence electrons. The van der Waals surface area contributed by atoms with Gasteiger partial charge in [0.2, 0.25) is 0 Å². The summed E-state index contributed by atoms with van der Waals surface area (Å²) in [6, 6.07) is 0. The van der Waals surface area contributed by atoms with Crippen molar-refractivity contribution in [1.82, 2.24) is 0 Å². The zero-order valence-corrected chi connectivity index (χ0v) is 25.0. The van der Waals surface area contributed by atoms with Crippen LogP contribution in [0.5, 0.6) is 0 Å². The Morgan fingerprint density at radius 2 is 1.82 bits per heavy atom. The molecule has 2 saturated carbocycles. The van der Waals surface area contributed by atoms with Crippen molar-refractivity contribution in [3.63, 3.8) is 0 Å². The van der Waals surface area contributed by atoms with Gasteiger partial charge in [0.15, 0.2) is 0 Å². The third-order valence-electron chi connectivity index (χ3n) is 11.6. The van der Waals surface area contributed by atoms with Crippen LogP contribution in [0.3, 0.4) is 0 Å². The molecule has 0 aromatic carbocycles. The number of cyclic esters (lactones) is 1. The Kier molecular flexibility index (Phi) is 6.76. The van der Waals surface area contributed by atoms with Gasteiger partial charge in [-0.2, -0.15) is 0 Å². The number of allylic oxidation sites excluding steroid dienone is 2. The normalized spacial score (nSPS) is 47.2. The predicted molar refractivity (Wildman–Crippen MR) is 146 cm³/mol. The Labute approximate surface area is 233 Å². The fourth-order valence-electron chi connectivity index (χ4n) is 10.1. The SMILES string of the molecule is CC(=O)OC1CC2C(C)(C)OC(=O)C=CC2(C)C2CCC3(C)C(=CCC3C3COC(C(C)(C)O)C(O)C3)C12C. The highest BCUT2D eigenvalue weighted by Crippen LogP contribution is 2.71. The van der Waals surface area contributed by atoms with Crippen molar-refractivity contribution in [3.05, 3.63) is 23.8 Å². The topological polar surface area (TPSA) is 102 Å². The summed E-state index contributed by atoms with van der Waals surface area (Å²) in [6.45, 7) is 16.2. The van der Waals surface area contributed by atoms with Crippen molar-refractivity contribution >= 4 is 11.9 Å². The van der Waals surface area contributed by atoms with Gasteiger partial charge in [0.25, 0.3) is 0 Å². The second-order valence-corrected chi connectivity index (χ2v) is 14.8. The molecule has 1 saturated heterocycles. The lowest BCUT2D eigenvalue weighted by Gasteiger charge is -2.65. The van der Waals surface area contributed by atoms with Crippen molar-refractivity contribution in [2.45, 2.75) is 117 Å². The molecule has 10 unspecified atom stereocenters. The molecule has 3 aliphatic carbocycles. The first-order valence-electron chi connectivity index (χ1n) is 14.8. The monoisotopic (exact) mass is 544 g/mol. The molecule has 3 fully saturated rings. The van der Waals surface area contributed by atoms with Gasteiger partial charge in [-0.25, -0.2) is 4.79 Å². The Hall–Kier alpha value is -1.70. The van der Waals surface area contributed by atoms with Crippen LogP contribution in [0.4, 0.5) is 0 Å². The van der Waals surface area contributed by atoms with Gasteiger partial charge in [0, 0.05) is 24.3 Å². The van der Waals surface area contributed by atoms with Gasteiger partial charge in [0.05, 0.1) is 18.3 Å². The Morgan fingerprint density at radius 1 is 1.13 bits per heavy atom. The van der Waals surface area contributed by atoms with E-state index in [0.29, 0.717) is 19.4 Å². The molecule has 0 spiro atoms. The van der Waals surface area contributed by atoms with Crippen LogP contribution in [-0.2, 0) is 23.8 Å². The van der Waals surface area contributed by atoms with Crippen molar-refractivity contribution < 1.29 is 34.0 Å². The first kappa shape index (κ1) is 28.8. The van der Waals surface area contributed by atoms with E-state index in [1.165, 1.54) is 12.5 Å². The van der Waals surface area contributed by atoms with E-state index in [-0.39, 0.29) is 52.5 Å². The maximum absolute atomic E-state index is 12.6. The Balaban J connectivity index is 1.52. The van der Waals surface area contributed by atoms with Gasteiger partial charge in [-0.3, -0.25) is 4.79 Å². The quantitative estimate of drug-likeness (QED) is 0.391. The molecule has 7 nitrogen and oxygen atoms in total. The molecule has 2 heterocycles. The van der Waals surface area contributed by atoms with Crippen molar-refractivity contribution in [2.75, 3.05) is 6.61 Å². The van der Waals surface area contributed by atoms with E-state index in [4.69, 9.17) is 14.2 Å². The lowest BCUT2D eigenvalue weighted by atomic mass is 9.40. The number of hydrogen-bond acceptors (Lipinski definition) is 7. The van der Waals surface area contributed by atoms with E-state index in [1.807, 2.05) is 13.8 Å². The van der Waals surface area contributed by atoms with E-state index in [1.54, 1.807) is 19.9 Å². The van der Waals surface area contributed by atoms with Crippen LogP contribution in [0, 0.1) is 39.9 Å². The fourth-order valence-corrected chi connectivity index (χ4v) is 10.1.